The number of rotatable bonds is 15. The minimum absolute atomic E-state index is 0.179. The number of aryl methyl sites for hydroxylation is 3. The van der Waals surface area contributed by atoms with Crippen molar-refractivity contribution in [3.8, 4) is 17.2 Å². The van der Waals surface area contributed by atoms with Gasteiger partial charge in [-0.2, -0.15) is 0 Å². The third-order valence-electron chi connectivity index (χ3n) is 10.2. The van der Waals surface area contributed by atoms with E-state index < -0.39 is 8.60 Å². The van der Waals surface area contributed by atoms with Crippen molar-refractivity contribution >= 4 is 8.60 Å². The van der Waals surface area contributed by atoms with E-state index in [0.29, 0.717) is 37.1 Å². The fraction of sp³-hybridized carbons (Fsp3) is 0.625. The third-order valence-corrected chi connectivity index (χ3v) is 11.3. The van der Waals surface area contributed by atoms with Gasteiger partial charge in [0.25, 0.3) is 0 Å². The smallest absolute Gasteiger partial charge is 0.332 e. The van der Waals surface area contributed by atoms with Crippen LogP contribution >= 0.6 is 8.60 Å². The molecule has 0 aromatic heterocycles. The molecule has 0 spiro atoms. The van der Waals surface area contributed by atoms with Crippen LogP contribution in [0.2, 0.25) is 0 Å². The van der Waals surface area contributed by atoms with Crippen LogP contribution in [0.1, 0.15) is 154 Å². The van der Waals surface area contributed by atoms with Crippen molar-refractivity contribution < 1.29 is 28.9 Å². The van der Waals surface area contributed by atoms with Gasteiger partial charge in [0, 0.05) is 0 Å². The summed E-state index contributed by atoms with van der Waals surface area (Å²) in [6.45, 7) is 39.6. The van der Waals surface area contributed by atoms with Crippen LogP contribution in [0.25, 0.3) is 0 Å². The highest BCUT2D eigenvalue weighted by Gasteiger charge is 2.31. The first kappa shape index (κ1) is 46.8. The van der Waals surface area contributed by atoms with E-state index in [-0.39, 0.29) is 32.5 Å². The molecule has 0 saturated carbocycles. The number of benzene rings is 3. The van der Waals surface area contributed by atoms with Gasteiger partial charge in [-0.25, -0.2) is 0 Å². The van der Waals surface area contributed by atoms with Crippen molar-refractivity contribution in [2.45, 2.75) is 160 Å². The molecule has 0 amide bonds. The second-order valence-corrected chi connectivity index (χ2v) is 23.0. The van der Waals surface area contributed by atoms with Gasteiger partial charge in [-0.15, -0.1) is 0 Å². The van der Waals surface area contributed by atoms with E-state index in [1.54, 1.807) is 0 Å². The lowest BCUT2D eigenvalue weighted by molar-refractivity contribution is 0.0723. The Bertz CT molecular complexity index is 1570. The maximum Gasteiger partial charge on any atom is 0.332 e. The molecular weight excluding hydrogens is 703 g/mol. The summed E-state index contributed by atoms with van der Waals surface area (Å²) in [5.74, 6) is 1.11. The second kappa shape index (κ2) is 17.1. The molecule has 3 N–H and O–H groups in total. The molecule has 3 aromatic carbocycles. The first-order chi connectivity index (χ1) is 24.8. The molecule has 7 heteroatoms. The second-order valence-electron chi connectivity index (χ2n) is 21.7. The zero-order valence-electron chi connectivity index (χ0n) is 37.7. The number of aromatic hydroxyl groups is 3. The van der Waals surface area contributed by atoms with Gasteiger partial charge in [-0.3, -0.25) is 0 Å². The molecule has 308 valence electrons. The van der Waals surface area contributed by atoms with Crippen LogP contribution in [0.3, 0.4) is 0 Å². The van der Waals surface area contributed by atoms with E-state index in [9.17, 15) is 15.3 Å². The Hall–Kier alpha value is -2.63. The lowest BCUT2D eigenvalue weighted by Gasteiger charge is -2.32. The largest absolute Gasteiger partial charge is 0.507 e. The van der Waals surface area contributed by atoms with Gasteiger partial charge in [0.15, 0.2) is 0 Å². The molecule has 0 saturated heterocycles. The Morgan fingerprint density at radius 1 is 0.400 bits per heavy atom. The SMILES string of the molecule is Cc1cc(CC(C)(C)COP(OCC(C)(C)Cc2cc(C)c(O)c(C(C)(C)C)c2)OCC(C)(C)Cc2cc(C)c(O)c(C(C)(C)C)c2)cc(C(C)(C)C)c1O. The molecule has 3 aromatic rings. The summed E-state index contributed by atoms with van der Waals surface area (Å²) in [7, 11) is -1.71. The van der Waals surface area contributed by atoms with Gasteiger partial charge in [0.05, 0.1) is 19.8 Å². The minimum atomic E-state index is -1.71. The van der Waals surface area contributed by atoms with Crippen molar-refractivity contribution in [3.63, 3.8) is 0 Å². The summed E-state index contributed by atoms with van der Waals surface area (Å²) in [6.07, 6.45) is 2.30. The van der Waals surface area contributed by atoms with Crippen LogP contribution in [0, 0.1) is 37.0 Å². The molecule has 0 fully saturated rings. The molecule has 0 aliphatic heterocycles. The summed E-state index contributed by atoms with van der Waals surface area (Å²) in [6, 6.07) is 12.7. The maximum atomic E-state index is 10.8. The van der Waals surface area contributed by atoms with Gasteiger partial charge in [-0.05, 0) is 123 Å². The highest BCUT2D eigenvalue weighted by atomic mass is 31.2. The van der Waals surface area contributed by atoms with Crippen molar-refractivity contribution in [1.82, 2.24) is 0 Å². The van der Waals surface area contributed by atoms with E-state index in [4.69, 9.17) is 13.6 Å². The molecule has 6 nitrogen and oxygen atoms in total. The topological polar surface area (TPSA) is 88.4 Å². The predicted octanol–water partition coefficient (Wildman–Crippen LogP) is 13.0. The van der Waals surface area contributed by atoms with E-state index in [2.05, 4.69) is 140 Å². The fourth-order valence-corrected chi connectivity index (χ4v) is 8.78. The number of phenolic OH excluding ortho intramolecular Hbond substituents is 3. The molecule has 0 atom stereocenters. The molecule has 3 rings (SSSR count). The lowest BCUT2D eigenvalue weighted by Crippen LogP contribution is -2.26. The van der Waals surface area contributed by atoms with Crippen LogP contribution in [0.5, 0.6) is 17.2 Å². The number of hydrogen-bond donors (Lipinski definition) is 3. The Morgan fingerprint density at radius 2 is 0.618 bits per heavy atom. The predicted molar refractivity (Wildman–Crippen MR) is 232 cm³/mol. The van der Waals surface area contributed by atoms with Gasteiger partial charge < -0.3 is 28.9 Å². The third kappa shape index (κ3) is 13.5. The van der Waals surface area contributed by atoms with Crippen molar-refractivity contribution in [2.24, 2.45) is 16.2 Å². The Labute approximate surface area is 336 Å². The highest BCUT2D eigenvalue weighted by molar-refractivity contribution is 7.41. The van der Waals surface area contributed by atoms with Crippen LogP contribution in [-0.4, -0.2) is 35.1 Å². The quantitative estimate of drug-likeness (QED) is 0.133. The van der Waals surface area contributed by atoms with Crippen LogP contribution in [0.15, 0.2) is 36.4 Å². The van der Waals surface area contributed by atoms with Gasteiger partial charge in [0.1, 0.15) is 17.2 Å². The number of phenols is 3. The van der Waals surface area contributed by atoms with Crippen molar-refractivity contribution in [1.29, 1.82) is 0 Å². The van der Waals surface area contributed by atoms with Crippen molar-refractivity contribution in [3.05, 3.63) is 86.5 Å². The molecule has 0 aliphatic carbocycles. The van der Waals surface area contributed by atoms with Gasteiger partial charge in [-0.1, -0.05) is 140 Å². The average molecular weight is 779 g/mol. The Balaban J connectivity index is 1.85. The summed E-state index contributed by atoms with van der Waals surface area (Å²) >= 11 is 0. The van der Waals surface area contributed by atoms with E-state index >= 15 is 0 Å². The molecular formula is C48H75O6P. The standard InChI is InChI=1S/C48H75O6P/c1-31-19-34(22-37(40(31)49)43(4,5)6)25-46(13,14)28-52-55(53-29-47(15,16)26-35-20-32(2)41(50)38(23-35)44(7,8)9)54-30-48(17,18)27-36-21-33(3)42(51)39(24-36)45(10,11)12/h19-24,49-51H,25-30H2,1-18H3. The Morgan fingerprint density at radius 3 is 0.818 bits per heavy atom. The summed E-state index contributed by atoms with van der Waals surface area (Å²) in [5.41, 5.74) is 7.76. The normalized spacial score (nSPS) is 13.6. The van der Waals surface area contributed by atoms with E-state index in [1.807, 2.05) is 20.8 Å². The minimum Gasteiger partial charge on any atom is -0.507 e. The summed E-state index contributed by atoms with van der Waals surface area (Å²) in [5, 5.41) is 32.5. The molecule has 0 radical (unpaired) electrons. The lowest BCUT2D eigenvalue weighted by atomic mass is 9.81. The van der Waals surface area contributed by atoms with Gasteiger partial charge >= 0.3 is 8.60 Å². The fourth-order valence-electron chi connectivity index (χ4n) is 7.19. The van der Waals surface area contributed by atoms with E-state index in [0.717, 1.165) is 52.6 Å². The summed E-state index contributed by atoms with van der Waals surface area (Å²) < 4.78 is 19.9. The molecule has 0 unspecified atom stereocenters. The zero-order chi connectivity index (χ0) is 42.1. The molecule has 0 heterocycles. The maximum absolute atomic E-state index is 10.8. The Kier molecular flexibility index (Phi) is 14.5. The number of hydrogen-bond acceptors (Lipinski definition) is 6. The first-order valence-electron chi connectivity index (χ1n) is 20.0. The zero-order valence-corrected chi connectivity index (χ0v) is 38.6. The monoisotopic (exact) mass is 779 g/mol. The average Bonchev–Trinajstić information content (AvgIpc) is 2.99. The van der Waals surface area contributed by atoms with Crippen LogP contribution < -0.4 is 0 Å². The molecule has 55 heavy (non-hydrogen) atoms. The molecule has 0 aliphatic rings. The van der Waals surface area contributed by atoms with Crippen LogP contribution in [0.4, 0.5) is 0 Å². The van der Waals surface area contributed by atoms with Crippen LogP contribution in [-0.2, 0) is 49.1 Å². The highest BCUT2D eigenvalue weighted by Crippen LogP contribution is 2.46. The summed E-state index contributed by atoms with van der Waals surface area (Å²) in [4.78, 5) is 0. The van der Waals surface area contributed by atoms with Crippen molar-refractivity contribution in [2.75, 3.05) is 19.8 Å². The van der Waals surface area contributed by atoms with Gasteiger partial charge in [0.2, 0.25) is 0 Å². The first-order valence-corrected chi connectivity index (χ1v) is 21.1. The van der Waals surface area contributed by atoms with E-state index in [1.165, 1.54) is 16.7 Å². The molecule has 0 bridgehead atoms.